The molecule has 0 atom stereocenters. The van der Waals surface area contributed by atoms with Crippen LogP contribution in [0.25, 0.3) is 10.6 Å². The molecule has 2 aromatic heterocycles. The quantitative estimate of drug-likeness (QED) is 0.561. The van der Waals surface area contributed by atoms with E-state index in [0.29, 0.717) is 42.1 Å². The van der Waals surface area contributed by atoms with E-state index in [0.717, 1.165) is 22.1 Å². The number of alkyl halides is 3. The van der Waals surface area contributed by atoms with Crippen molar-refractivity contribution in [2.24, 2.45) is 5.10 Å². The maximum Gasteiger partial charge on any atom is 0.417 e. The number of pyridine rings is 1. The van der Waals surface area contributed by atoms with Gasteiger partial charge in [-0.15, -0.1) is 11.3 Å². The summed E-state index contributed by atoms with van der Waals surface area (Å²) < 4.78 is 41.4. The minimum absolute atomic E-state index is 0.0309. The Kier molecular flexibility index (Phi) is 6.16. The molecule has 1 aliphatic rings. The predicted octanol–water partition coefficient (Wildman–Crippen LogP) is 4.61. The van der Waals surface area contributed by atoms with E-state index in [2.05, 4.69) is 5.10 Å². The Bertz CT molecular complexity index is 1300. The van der Waals surface area contributed by atoms with E-state index in [-0.39, 0.29) is 11.6 Å². The minimum Gasteiger partial charge on any atom is -0.338 e. The fraction of sp³-hybridized carbons (Fsp3) is 0.217. The van der Waals surface area contributed by atoms with Crippen LogP contribution in [0.2, 0.25) is 0 Å². The lowest BCUT2D eigenvalue weighted by Gasteiger charge is -2.28. The summed E-state index contributed by atoms with van der Waals surface area (Å²) in [6, 6.07) is 14.3. The van der Waals surface area contributed by atoms with Crippen LogP contribution < -0.4 is 5.56 Å². The highest BCUT2D eigenvalue weighted by molar-refractivity contribution is 7.13. The molecular formula is C23H17F3N4O2S. The molecule has 0 bridgehead atoms. The van der Waals surface area contributed by atoms with Crippen molar-refractivity contribution in [2.75, 3.05) is 13.1 Å². The lowest BCUT2D eigenvalue weighted by Crippen LogP contribution is -2.39. The van der Waals surface area contributed by atoms with Crippen LogP contribution in [-0.2, 0) is 6.18 Å². The van der Waals surface area contributed by atoms with Gasteiger partial charge in [-0.05, 0) is 29.6 Å². The SMILES string of the molecule is N#Cc1c(C(F)(F)F)cc(-c2cccs2)n(N=C2CCN(C(=O)c3ccccc3)CC2)c1=O. The molecule has 4 rings (SSSR count). The molecule has 1 aromatic carbocycles. The summed E-state index contributed by atoms with van der Waals surface area (Å²) in [7, 11) is 0. The normalized spacial score (nSPS) is 14.1. The third-order valence-electron chi connectivity index (χ3n) is 5.27. The van der Waals surface area contributed by atoms with Crippen molar-refractivity contribution in [1.82, 2.24) is 9.58 Å². The summed E-state index contributed by atoms with van der Waals surface area (Å²) in [5, 5.41) is 15.3. The molecule has 10 heteroatoms. The first-order valence-corrected chi connectivity index (χ1v) is 10.9. The molecule has 168 valence electrons. The molecule has 1 amide bonds. The minimum atomic E-state index is -4.86. The molecule has 0 radical (unpaired) electrons. The number of aromatic nitrogens is 1. The molecule has 1 aliphatic heterocycles. The summed E-state index contributed by atoms with van der Waals surface area (Å²) in [5.41, 5.74) is -2.30. The van der Waals surface area contributed by atoms with Crippen LogP contribution in [-0.4, -0.2) is 34.3 Å². The molecule has 0 spiro atoms. The van der Waals surface area contributed by atoms with Gasteiger partial charge in [0.15, 0.2) is 0 Å². The van der Waals surface area contributed by atoms with Gasteiger partial charge in [-0.1, -0.05) is 24.3 Å². The van der Waals surface area contributed by atoms with Gasteiger partial charge >= 0.3 is 6.18 Å². The summed E-state index contributed by atoms with van der Waals surface area (Å²) >= 11 is 1.16. The number of carbonyl (C=O) groups is 1. The number of rotatable bonds is 3. The van der Waals surface area contributed by atoms with Gasteiger partial charge in [0.25, 0.3) is 11.5 Å². The van der Waals surface area contributed by atoms with Crippen LogP contribution in [0.3, 0.4) is 0 Å². The molecular weight excluding hydrogens is 453 g/mol. The largest absolute Gasteiger partial charge is 0.417 e. The first-order valence-electron chi connectivity index (χ1n) is 10.0. The number of nitrogens with zero attached hydrogens (tertiary/aromatic N) is 4. The number of amides is 1. The fourth-order valence-corrected chi connectivity index (χ4v) is 4.33. The molecule has 1 saturated heterocycles. The van der Waals surface area contributed by atoms with E-state index in [1.54, 1.807) is 46.7 Å². The summed E-state index contributed by atoms with van der Waals surface area (Å²) in [4.78, 5) is 27.6. The Morgan fingerprint density at radius 3 is 2.36 bits per heavy atom. The Labute approximate surface area is 190 Å². The lowest BCUT2D eigenvalue weighted by molar-refractivity contribution is -0.137. The van der Waals surface area contributed by atoms with Gasteiger partial charge in [0.05, 0.1) is 16.1 Å². The zero-order valence-corrected chi connectivity index (χ0v) is 18.0. The Morgan fingerprint density at radius 1 is 1.09 bits per heavy atom. The van der Waals surface area contributed by atoms with Crippen molar-refractivity contribution < 1.29 is 18.0 Å². The van der Waals surface area contributed by atoms with Gasteiger partial charge in [0.2, 0.25) is 0 Å². The molecule has 3 aromatic rings. The first-order chi connectivity index (χ1) is 15.8. The maximum absolute atomic E-state index is 13.5. The first kappa shape index (κ1) is 22.5. The zero-order valence-electron chi connectivity index (χ0n) is 17.2. The Morgan fingerprint density at radius 2 is 1.79 bits per heavy atom. The Balaban J connectivity index is 1.69. The third kappa shape index (κ3) is 4.59. The topological polar surface area (TPSA) is 78.5 Å². The second-order valence-electron chi connectivity index (χ2n) is 7.35. The number of halogens is 3. The van der Waals surface area contributed by atoms with Crippen LogP contribution in [0.5, 0.6) is 0 Å². The third-order valence-corrected chi connectivity index (χ3v) is 6.16. The lowest BCUT2D eigenvalue weighted by atomic mass is 10.1. The number of nitriles is 1. The van der Waals surface area contributed by atoms with Crippen molar-refractivity contribution in [2.45, 2.75) is 19.0 Å². The number of hydrogen-bond acceptors (Lipinski definition) is 5. The van der Waals surface area contributed by atoms with Gasteiger partial charge in [0, 0.05) is 37.2 Å². The van der Waals surface area contributed by atoms with Crippen molar-refractivity contribution >= 4 is 23.0 Å². The molecule has 0 unspecified atom stereocenters. The molecule has 0 N–H and O–H groups in total. The van der Waals surface area contributed by atoms with Gasteiger partial charge in [0.1, 0.15) is 11.6 Å². The molecule has 0 aliphatic carbocycles. The smallest absolute Gasteiger partial charge is 0.338 e. The van der Waals surface area contributed by atoms with E-state index < -0.39 is 22.9 Å². The zero-order chi connectivity index (χ0) is 23.6. The van der Waals surface area contributed by atoms with Crippen molar-refractivity contribution in [3.63, 3.8) is 0 Å². The number of piperidine rings is 1. The van der Waals surface area contributed by atoms with Crippen molar-refractivity contribution in [3.05, 3.63) is 81.0 Å². The summed E-state index contributed by atoms with van der Waals surface area (Å²) in [6.07, 6.45) is -4.14. The number of carbonyl (C=O) groups excluding carboxylic acids is 1. The van der Waals surface area contributed by atoms with Crippen LogP contribution in [0.15, 0.2) is 63.8 Å². The predicted molar refractivity (Wildman–Crippen MR) is 118 cm³/mol. The fourth-order valence-electron chi connectivity index (χ4n) is 3.60. The second kappa shape index (κ2) is 9.03. The second-order valence-corrected chi connectivity index (χ2v) is 8.29. The summed E-state index contributed by atoms with van der Waals surface area (Å²) in [6.45, 7) is 0.725. The average Bonchev–Trinajstić information content (AvgIpc) is 3.35. The summed E-state index contributed by atoms with van der Waals surface area (Å²) in [5.74, 6) is -0.118. The van der Waals surface area contributed by atoms with E-state index in [1.807, 2.05) is 6.07 Å². The highest BCUT2D eigenvalue weighted by atomic mass is 32.1. The molecule has 1 fully saturated rings. The van der Waals surface area contributed by atoms with Gasteiger partial charge in [-0.25, -0.2) is 0 Å². The van der Waals surface area contributed by atoms with Crippen LogP contribution >= 0.6 is 11.3 Å². The number of likely N-dealkylation sites (tertiary alicyclic amines) is 1. The highest BCUT2D eigenvalue weighted by Crippen LogP contribution is 2.34. The maximum atomic E-state index is 13.5. The van der Waals surface area contributed by atoms with Crippen molar-refractivity contribution in [3.8, 4) is 16.6 Å². The number of thiophene rings is 1. The van der Waals surface area contributed by atoms with E-state index >= 15 is 0 Å². The van der Waals surface area contributed by atoms with Crippen LogP contribution in [0, 0.1) is 11.3 Å². The molecule has 3 heterocycles. The molecule has 33 heavy (non-hydrogen) atoms. The monoisotopic (exact) mass is 470 g/mol. The number of hydrogen-bond donors (Lipinski definition) is 0. The Hall–Kier alpha value is -3.71. The van der Waals surface area contributed by atoms with E-state index in [9.17, 15) is 28.0 Å². The van der Waals surface area contributed by atoms with E-state index in [4.69, 9.17) is 0 Å². The molecule has 6 nitrogen and oxygen atoms in total. The van der Waals surface area contributed by atoms with Crippen molar-refractivity contribution in [1.29, 1.82) is 5.26 Å². The number of benzene rings is 1. The van der Waals surface area contributed by atoms with Gasteiger partial charge in [-0.2, -0.15) is 28.2 Å². The molecule has 0 saturated carbocycles. The van der Waals surface area contributed by atoms with E-state index in [1.165, 1.54) is 6.07 Å². The average molecular weight is 470 g/mol. The van der Waals surface area contributed by atoms with Gasteiger partial charge < -0.3 is 4.90 Å². The van der Waals surface area contributed by atoms with Crippen LogP contribution in [0.4, 0.5) is 13.2 Å². The van der Waals surface area contributed by atoms with Crippen LogP contribution in [0.1, 0.15) is 34.3 Å². The highest BCUT2D eigenvalue weighted by Gasteiger charge is 2.37. The standard InChI is InChI=1S/C23H17F3N4O2S/c24-23(25,26)18-13-19(20-7-4-12-33-20)30(22(32)17(18)14-27)28-16-8-10-29(11-9-16)21(31)15-5-2-1-3-6-15/h1-7,12-13H,8-11H2. The van der Waals surface area contributed by atoms with Gasteiger partial charge in [-0.3, -0.25) is 9.59 Å².